The van der Waals surface area contributed by atoms with E-state index in [1.165, 1.54) is 31.2 Å². The molecule has 0 fully saturated rings. The van der Waals surface area contributed by atoms with Crippen LogP contribution < -0.4 is 4.74 Å². The molecule has 1 aliphatic rings. The molecule has 0 saturated carbocycles. The Labute approximate surface area is 119 Å². The first-order chi connectivity index (χ1) is 9.95. The van der Waals surface area contributed by atoms with Crippen molar-refractivity contribution in [2.45, 2.75) is 13.3 Å². The minimum absolute atomic E-state index is 0.0158. The Morgan fingerprint density at radius 3 is 2.52 bits per heavy atom. The van der Waals surface area contributed by atoms with Gasteiger partial charge in [-0.05, 0) is 52.9 Å². The minimum atomic E-state index is -1.18. The van der Waals surface area contributed by atoms with Crippen LogP contribution in [0.4, 0.5) is 4.39 Å². The molecule has 0 aromatic heterocycles. The summed E-state index contributed by atoms with van der Waals surface area (Å²) in [6.07, 6.45) is 0.483. The van der Waals surface area contributed by atoms with Crippen molar-refractivity contribution in [2.24, 2.45) is 0 Å². The molecule has 0 aliphatic heterocycles. The van der Waals surface area contributed by atoms with E-state index in [1.54, 1.807) is 6.07 Å². The number of ether oxygens (including phenoxy) is 1. The summed E-state index contributed by atoms with van der Waals surface area (Å²) >= 11 is 0. The van der Waals surface area contributed by atoms with Gasteiger partial charge in [0.15, 0.2) is 0 Å². The fourth-order valence-electron chi connectivity index (χ4n) is 2.60. The topological polar surface area (TPSA) is 63.6 Å². The van der Waals surface area contributed by atoms with Crippen molar-refractivity contribution >= 4 is 11.9 Å². The summed E-state index contributed by atoms with van der Waals surface area (Å²) < 4.78 is 18.2. The lowest BCUT2D eigenvalue weighted by Gasteiger charge is -2.09. The van der Waals surface area contributed by atoms with Gasteiger partial charge in [0, 0.05) is 6.92 Å². The number of rotatable bonds is 2. The van der Waals surface area contributed by atoms with Gasteiger partial charge in [0.05, 0.1) is 0 Å². The number of esters is 1. The first kappa shape index (κ1) is 13.3. The maximum absolute atomic E-state index is 13.3. The molecule has 1 aliphatic carbocycles. The third kappa shape index (κ3) is 2.27. The molecule has 0 atom stereocenters. The van der Waals surface area contributed by atoms with Gasteiger partial charge in [-0.1, -0.05) is 6.07 Å². The molecule has 2 aromatic rings. The van der Waals surface area contributed by atoms with E-state index in [1.807, 2.05) is 0 Å². The van der Waals surface area contributed by atoms with Crippen molar-refractivity contribution in [3.63, 3.8) is 0 Å². The summed E-state index contributed by atoms with van der Waals surface area (Å²) in [5.41, 5.74) is 3.07. The van der Waals surface area contributed by atoms with Gasteiger partial charge >= 0.3 is 11.9 Å². The van der Waals surface area contributed by atoms with E-state index in [9.17, 15) is 19.1 Å². The van der Waals surface area contributed by atoms with E-state index < -0.39 is 11.9 Å². The van der Waals surface area contributed by atoms with Crippen molar-refractivity contribution in [1.29, 1.82) is 0 Å². The first-order valence-electron chi connectivity index (χ1n) is 6.33. The highest BCUT2D eigenvalue weighted by Gasteiger charge is 2.24. The van der Waals surface area contributed by atoms with Crippen LogP contribution in [0.15, 0.2) is 30.3 Å². The third-order valence-electron chi connectivity index (χ3n) is 3.43. The molecule has 0 spiro atoms. The summed E-state index contributed by atoms with van der Waals surface area (Å²) in [5.74, 6) is -2.08. The summed E-state index contributed by atoms with van der Waals surface area (Å²) in [7, 11) is 0. The number of halogens is 1. The van der Waals surface area contributed by atoms with Gasteiger partial charge in [-0.2, -0.15) is 0 Å². The van der Waals surface area contributed by atoms with Crippen LogP contribution in [0, 0.1) is 5.82 Å². The smallest absolute Gasteiger partial charge is 0.339 e. The minimum Gasteiger partial charge on any atom is -0.478 e. The fourth-order valence-corrected chi connectivity index (χ4v) is 2.60. The number of aromatic carboxylic acids is 1. The van der Waals surface area contributed by atoms with Crippen LogP contribution in [-0.2, 0) is 11.2 Å². The molecular formula is C16H11FO4. The molecule has 4 nitrogen and oxygen atoms in total. The first-order valence-corrected chi connectivity index (χ1v) is 6.33. The van der Waals surface area contributed by atoms with Gasteiger partial charge in [0.1, 0.15) is 17.1 Å². The largest absolute Gasteiger partial charge is 0.478 e. The van der Waals surface area contributed by atoms with Gasteiger partial charge in [0.25, 0.3) is 0 Å². The van der Waals surface area contributed by atoms with Crippen molar-refractivity contribution in [2.75, 3.05) is 0 Å². The fraction of sp³-hybridized carbons (Fsp3) is 0.125. The van der Waals surface area contributed by atoms with Crippen LogP contribution in [-0.4, -0.2) is 17.0 Å². The summed E-state index contributed by atoms with van der Waals surface area (Å²) in [6, 6.07) is 7.42. The van der Waals surface area contributed by atoms with Crippen molar-refractivity contribution in [1.82, 2.24) is 0 Å². The second-order valence-corrected chi connectivity index (χ2v) is 4.88. The molecular weight excluding hydrogens is 275 g/mol. The number of hydrogen-bond acceptors (Lipinski definition) is 3. The van der Waals surface area contributed by atoms with Crippen LogP contribution >= 0.6 is 0 Å². The summed E-state index contributed by atoms with van der Waals surface area (Å²) in [5, 5.41) is 9.25. The molecule has 0 saturated heterocycles. The van der Waals surface area contributed by atoms with Crippen LogP contribution in [0.2, 0.25) is 0 Å². The van der Waals surface area contributed by atoms with Crippen molar-refractivity contribution in [3.05, 3.63) is 52.8 Å². The standard InChI is InChI=1S/C16H11FO4/c1-8(18)21-15-6-10-4-9-5-11(17)2-3-12(9)13(10)7-14(15)16(19)20/h2-3,5-7H,4H2,1H3,(H,19,20). The maximum atomic E-state index is 13.3. The predicted molar refractivity (Wildman–Crippen MR) is 72.9 cm³/mol. The number of fused-ring (bicyclic) bond motifs is 3. The zero-order chi connectivity index (χ0) is 15.1. The van der Waals surface area contributed by atoms with Gasteiger partial charge in [-0.15, -0.1) is 0 Å². The quantitative estimate of drug-likeness (QED) is 0.581. The number of hydrogen-bond donors (Lipinski definition) is 1. The highest BCUT2D eigenvalue weighted by molar-refractivity contribution is 5.95. The molecule has 0 radical (unpaired) electrons. The zero-order valence-electron chi connectivity index (χ0n) is 11.1. The van der Waals surface area contributed by atoms with Crippen LogP contribution in [0.25, 0.3) is 11.1 Å². The Kier molecular flexibility index (Phi) is 2.97. The zero-order valence-corrected chi connectivity index (χ0v) is 11.1. The molecule has 106 valence electrons. The van der Waals surface area contributed by atoms with Gasteiger partial charge < -0.3 is 9.84 Å². The highest BCUT2D eigenvalue weighted by Crippen LogP contribution is 2.40. The molecule has 21 heavy (non-hydrogen) atoms. The number of benzene rings is 2. The number of carboxylic acid groups (broad SMARTS) is 1. The Morgan fingerprint density at radius 2 is 1.86 bits per heavy atom. The van der Waals surface area contributed by atoms with Crippen LogP contribution in [0.1, 0.15) is 28.4 Å². The third-order valence-corrected chi connectivity index (χ3v) is 3.43. The number of carbonyl (C=O) groups is 2. The van der Waals surface area contributed by atoms with Crippen LogP contribution in [0.3, 0.4) is 0 Å². The highest BCUT2D eigenvalue weighted by atomic mass is 19.1. The summed E-state index contributed by atoms with van der Waals surface area (Å²) in [6.45, 7) is 1.21. The molecule has 3 rings (SSSR count). The van der Waals surface area contributed by atoms with Gasteiger partial charge in [-0.3, -0.25) is 4.79 Å². The Bertz CT molecular complexity index is 780. The normalized spacial score (nSPS) is 11.7. The predicted octanol–water partition coefficient (Wildman–Crippen LogP) is 3.02. The lowest BCUT2D eigenvalue weighted by molar-refractivity contribution is -0.131. The Hall–Kier alpha value is -2.69. The molecule has 5 heteroatoms. The van der Waals surface area contributed by atoms with Gasteiger partial charge in [0.2, 0.25) is 0 Å². The number of carbonyl (C=O) groups excluding carboxylic acids is 1. The molecule has 0 unspecified atom stereocenters. The molecule has 1 N–H and O–H groups in total. The lowest BCUT2D eigenvalue weighted by atomic mass is 10.0. The molecule has 0 amide bonds. The second kappa shape index (κ2) is 4.70. The van der Waals surface area contributed by atoms with Crippen LogP contribution in [0.5, 0.6) is 5.75 Å². The molecule has 2 aromatic carbocycles. The average molecular weight is 286 g/mol. The van der Waals surface area contributed by atoms with E-state index >= 15 is 0 Å². The summed E-state index contributed by atoms with van der Waals surface area (Å²) in [4.78, 5) is 22.4. The van der Waals surface area contributed by atoms with Crippen molar-refractivity contribution < 1.29 is 23.8 Å². The monoisotopic (exact) mass is 286 g/mol. The molecule has 0 heterocycles. The number of carboxylic acids is 1. The van der Waals surface area contributed by atoms with E-state index in [0.29, 0.717) is 6.42 Å². The lowest BCUT2D eigenvalue weighted by Crippen LogP contribution is -2.08. The van der Waals surface area contributed by atoms with Crippen molar-refractivity contribution in [3.8, 4) is 16.9 Å². The Morgan fingerprint density at radius 1 is 1.14 bits per heavy atom. The van der Waals surface area contributed by atoms with E-state index in [0.717, 1.165) is 22.3 Å². The average Bonchev–Trinajstić information content (AvgIpc) is 2.72. The SMILES string of the molecule is CC(=O)Oc1cc2c(cc1C(=O)O)-c1ccc(F)cc1C2. The second-order valence-electron chi connectivity index (χ2n) is 4.88. The molecule has 0 bridgehead atoms. The van der Waals surface area contributed by atoms with Gasteiger partial charge in [-0.25, -0.2) is 9.18 Å². The maximum Gasteiger partial charge on any atom is 0.339 e. The van der Waals surface area contributed by atoms with E-state index in [2.05, 4.69) is 0 Å². The van der Waals surface area contributed by atoms with E-state index in [-0.39, 0.29) is 17.1 Å². The van der Waals surface area contributed by atoms with E-state index in [4.69, 9.17) is 4.74 Å². The Balaban J connectivity index is 2.17.